The summed E-state index contributed by atoms with van der Waals surface area (Å²) in [6, 6.07) is 2.28. The molecule has 2 N–H and O–H groups in total. The summed E-state index contributed by atoms with van der Waals surface area (Å²) in [6.45, 7) is 2.09. The molecule has 0 radical (unpaired) electrons. The van der Waals surface area contributed by atoms with Crippen LogP contribution in [0, 0.1) is 11.8 Å². The quantitative estimate of drug-likeness (QED) is 0.690. The zero-order valence-electron chi connectivity index (χ0n) is 11.7. The van der Waals surface area contributed by atoms with Crippen molar-refractivity contribution in [2.24, 2.45) is 0 Å². The van der Waals surface area contributed by atoms with Gasteiger partial charge in [-0.3, -0.25) is 4.40 Å². The van der Waals surface area contributed by atoms with Gasteiger partial charge >= 0.3 is 6.18 Å². The molecule has 2 aromatic rings. The number of fused-ring (bicyclic) bond motifs is 1. The molecule has 6 heteroatoms. The Morgan fingerprint density at radius 2 is 2.05 bits per heavy atom. The minimum Gasteiger partial charge on any atom is -0.381 e. The number of halogens is 3. The molecule has 2 aromatic heterocycles. The van der Waals surface area contributed by atoms with E-state index in [4.69, 9.17) is 5.73 Å². The molecule has 0 aromatic carbocycles. The highest BCUT2D eigenvalue weighted by atomic mass is 19.4. The van der Waals surface area contributed by atoms with Gasteiger partial charge in [0.05, 0.1) is 5.56 Å². The van der Waals surface area contributed by atoms with Crippen LogP contribution in [0.3, 0.4) is 0 Å². The van der Waals surface area contributed by atoms with Gasteiger partial charge in [-0.05, 0) is 24.5 Å². The molecule has 0 unspecified atom stereocenters. The smallest absolute Gasteiger partial charge is 0.381 e. The summed E-state index contributed by atoms with van der Waals surface area (Å²) >= 11 is 0. The monoisotopic (exact) mass is 295 g/mol. The Balaban J connectivity index is 2.36. The van der Waals surface area contributed by atoms with E-state index in [-0.39, 0.29) is 5.82 Å². The first-order valence-corrected chi connectivity index (χ1v) is 6.77. The molecule has 2 heterocycles. The molecular formula is C15H16F3N3. The van der Waals surface area contributed by atoms with Crippen LogP contribution in [0.5, 0.6) is 0 Å². The zero-order valence-corrected chi connectivity index (χ0v) is 11.7. The van der Waals surface area contributed by atoms with Crippen molar-refractivity contribution in [3.8, 4) is 11.8 Å². The van der Waals surface area contributed by atoms with Crippen molar-refractivity contribution in [3.05, 3.63) is 29.6 Å². The fraction of sp³-hybridized carbons (Fsp3) is 0.400. The minimum absolute atomic E-state index is 0.150. The maximum absolute atomic E-state index is 12.7. The van der Waals surface area contributed by atoms with Crippen LogP contribution < -0.4 is 5.73 Å². The Labute approximate surface area is 121 Å². The van der Waals surface area contributed by atoms with Crippen LogP contribution in [0.25, 0.3) is 5.65 Å². The fourth-order valence-corrected chi connectivity index (χ4v) is 1.96. The summed E-state index contributed by atoms with van der Waals surface area (Å²) in [4.78, 5) is 4.02. The van der Waals surface area contributed by atoms with E-state index in [1.807, 2.05) is 0 Å². The topological polar surface area (TPSA) is 43.3 Å². The van der Waals surface area contributed by atoms with Crippen LogP contribution in [-0.4, -0.2) is 9.38 Å². The Hall–Kier alpha value is -2.16. The Morgan fingerprint density at radius 1 is 1.29 bits per heavy atom. The van der Waals surface area contributed by atoms with E-state index in [9.17, 15) is 13.2 Å². The summed E-state index contributed by atoms with van der Waals surface area (Å²) in [5, 5.41) is 0. The lowest BCUT2D eigenvalue weighted by Crippen LogP contribution is -2.06. The van der Waals surface area contributed by atoms with Crippen LogP contribution >= 0.6 is 0 Å². The molecule has 0 aliphatic rings. The van der Waals surface area contributed by atoms with Gasteiger partial charge in [0, 0.05) is 12.6 Å². The van der Waals surface area contributed by atoms with E-state index in [2.05, 4.69) is 23.7 Å². The number of rotatable bonds is 3. The normalized spacial score (nSPS) is 11.4. The van der Waals surface area contributed by atoms with Crippen molar-refractivity contribution < 1.29 is 13.2 Å². The molecule has 0 fully saturated rings. The SMILES string of the molecule is CCCCCC#Cc1c(N)nc2ccc(C(F)(F)F)cn12. The van der Waals surface area contributed by atoms with Gasteiger partial charge in [-0.25, -0.2) is 4.98 Å². The number of imidazole rings is 1. The predicted octanol–water partition coefficient (Wildman–Crippen LogP) is 3.87. The molecule has 3 nitrogen and oxygen atoms in total. The van der Waals surface area contributed by atoms with Gasteiger partial charge in [0.2, 0.25) is 0 Å². The van der Waals surface area contributed by atoms with Crippen molar-refractivity contribution >= 4 is 11.5 Å². The standard InChI is InChI=1S/C15H16F3N3/c1-2-3-4-5-6-7-12-14(19)20-13-9-8-11(10-21(12)13)15(16,17)18/h8-10H,2-5,19H2,1H3. The summed E-state index contributed by atoms with van der Waals surface area (Å²) in [5.41, 5.74) is 5.66. The van der Waals surface area contributed by atoms with Crippen LogP contribution in [0.15, 0.2) is 18.3 Å². The Bertz CT molecular complexity index is 690. The lowest BCUT2D eigenvalue weighted by molar-refractivity contribution is -0.137. The first-order chi connectivity index (χ1) is 9.93. The van der Waals surface area contributed by atoms with E-state index in [0.717, 1.165) is 31.5 Å². The molecule has 0 aliphatic carbocycles. The highest BCUT2D eigenvalue weighted by Crippen LogP contribution is 2.29. The molecule has 0 aliphatic heterocycles. The number of anilines is 1. The largest absolute Gasteiger partial charge is 0.417 e. The lowest BCUT2D eigenvalue weighted by Gasteiger charge is -2.06. The number of nitrogens with zero attached hydrogens (tertiary/aromatic N) is 2. The summed E-state index contributed by atoms with van der Waals surface area (Å²) in [7, 11) is 0. The second-order valence-electron chi connectivity index (χ2n) is 4.75. The van der Waals surface area contributed by atoms with Crippen molar-refractivity contribution in [2.45, 2.75) is 38.8 Å². The van der Waals surface area contributed by atoms with Gasteiger partial charge in [0.15, 0.2) is 5.82 Å². The van der Waals surface area contributed by atoms with Crippen LogP contribution in [0.2, 0.25) is 0 Å². The van der Waals surface area contributed by atoms with Gasteiger partial charge < -0.3 is 5.73 Å². The molecule has 0 saturated heterocycles. The highest BCUT2D eigenvalue weighted by molar-refractivity contribution is 5.58. The second-order valence-corrected chi connectivity index (χ2v) is 4.75. The zero-order chi connectivity index (χ0) is 15.5. The van der Waals surface area contributed by atoms with Crippen molar-refractivity contribution in [3.63, 3.8) is 0 Å². The Kier molecular flexibility index (Phi) is 4.41. The van der Waals surface area contributed by atoms with E-state index in [1.54, 1.807) is 0 Å². The van der Waals surface area contributed by atoms with E-state index in [1.165, 1.54) is 10.5 Å². The molecular weight excluding hydrogens is 279 g/mol. The summed E-state index contributed by atoms with van der Waals surface area (Å²) in [6.07, 6.45) is 0.408. The molecule has 21 heavy (non-hydrogen) atoms. The highest BCUT2D eigenvalue weighted by Gasteiger charge is 2.31. The van der Waals surface area contributed by atoms with E-state index in [0.29, 0.717) is 17.8 Å². The molecule has 0 amide bonds. The van der Waals surface area contributed by atoms with Gasteiger partial charge in [-0.1, -0.05) is 25.7 Å². The molecule has 2 rings (SSSR count). The summed E-state index contributed by atoms with van der Waals surface area (Å²) < 4.78 is 39.5. The fourth-order valence-electron chi connectivity index (χ4n) is 1.96. The third-order valence-corrected chi connectivity index (χ3v) is 3.08. The number of pyridine rings is 1. The van der Waals surface area contributed by atoms with Crippen molar-refractivity contribution in [1.29, 1.82) is 0 Å². The third-order valence-electron chi connectivity index (χ3n) is 3.08. The number of hydrogen-bond acceptors (Lipinski definition) is 2. The first kappa shape index (κ1) is 15.2. The van der Waals surface area contributed by atoms with Gasteiger partial charge in [-0.15, -0.1) is 0 Å². The van der Waals surface area contributed by atoms with Crippen LogP contribution in [0.1, 0.15) is 43.9 Å². The maximum Gasteiger partial charge on any atom is 0.417 e. The summed E-state index contributed by atoms with van der Waals surface area (Å²) in [5.74, 6) is 5.92. The number of aromatic nitrogens is 2. The lowest BCUT2D eigenvalue weighted by atomic mass is 10.2. The van der Waals surface area contributed by atoms with Gasteiger partial charge in [-0.2, -0.15) is 13.2 Å². The first-order valence-electron chi connectivity index (χ1n) is 6.77. The molecule has 112 valence electrons. The Morgan fingerprint density at radius 3 is 2.71 bits per heavy atom. The number of unbranched alkanes of at least 4 members (excludes halogenated alkanes) is 3. The molecule has 0 spiro atoms. The van der Waals surface area contributed by atoms with Gasteiger partial charge in [0.1, 0.15) is 11.3 Å². The van der Waals surface area contributed by atoms with Crippen molar-refractivity contribution in [1.82, 2.24) is 9.38 Å². The second kappa shape index (κ2) is 6.08. The molecule has 0 bridgehead atoms. The van der Waals surface area contributed by atoms with Gasteiger partial charge in [0.25, 0.3) is 0 Å². The average Bonchev–Trinajstić information content (AvgIpc) is 2.73. The number of nitrogen functional groups attached to an aromatic ring is 1. The van der Waals surface area contributed by atoms with Crippen LogP contribution in [-0.2, 0) is 6.18 Å². The third kappa shape index (κ3) is 3.48. The average molecular weight is 295 g/mol. The number of hydrogen-bond donors (Lipinski definition) is 1. The number of alkyl halides is 3. The van der Waals surface area contributed by atoms with Crippen molar-refractivity contribution in [2.75, 3.05) is 5.73 Å². The number of nitrogens with two attached hydrogens (primary N) is 1. The minimum atomic E-state index is -4.40. The van der Waals surface area contributed by atoms with E-state index < -0.39 is 11.7 Å². The predicted molar refractivity (Wildman–Crippen MR) is 75.6 cm³/mol. The molecule has 0 atom stereocenters. The van der Waals surface area contributed by atoms with E-state index >= 15 is 0 Å². The molecule has 0 saturated carbocycles. The van der Waals surface area contributed by atoms with Crippen LogP contribution in [0.4, 0.5) is 19.0 Å². The maximum atomic E-state index is 12.7.